The van der Waals surface area contributed by atoms with Crippen LogP contribution in [-0.2, 0) is 23.9 Å². The van der Waals surface area contributed by atoms with Crippen molar-refractivity contribution < 1.29 is 48.7 Å². The van der Waals surface area contributed by atoms with E-state index in [1.54, 1.807) is 51.1 Å². The number of aromatic hydroxyl groups is 1. The second-order valence-corrected chi connectivity index (χ2v) is 10.0. The van der Waals surface area contributed by atoms with Crippen LogP contribution in [0, 0.1) is 5.92 Å². The van der Waals surface area contributed by atoms with Crippen LogP contribution < -0.4 is 10.1 Å². The number of aliphatic hydroxyl groups is 1. The Morgan fingerprint density at radius 1 is 1.10 bits per heavy atom. The summed E-state index contributed by atoms with van der Waals surface area (Å²) in [6.07, 6.45) is 7.71. The van der Waals surface area contributed by atoms with Gasteiger partial charge < -0.3 is 34.8 Å². The number of benzene rings is 1. The average Bonchev–Trinajstić information content (AvgIpc) is 2.86. The lowest BCUT2D eigenvalue weighted by Crippen LogP contribution is -2.41. The highest BCUT2D eigenvalue weighted by atomic mass is 16.6. The summed E-state index contributed by atoms with van der Waals surface area (Å²) in [5, 5.41) is 29.8. The van der Waals surface area contributed by atoms with Gasteiger partial charge in [-0.1, -0.05) is 18.2 Å². The molecule has 0 aliphatic heterocycles. The molecule has 2 rings (SSSR count). The lowest BCUT2D eigenvalue weighted by molar-refractivity contribution is -0.139. The first-order valence-electron chi connectivity index (χ1n) is 12.6. The standard InChI is InChI=1S/C21H24O6.C8H15NO4/c1-26-20-11-14(5-9-18(20)24)3-7-16(22)13-17(23)8-4-15-6-10-19(25)21(12-15)27-2;1-5(6(10)11)9-7(12)13-8(2,3)4/h3-5,7-11,15,21,24-25H,6,12-13H2,1-2H3;5H,1-4H3,(H,9,12)(H,10,11)/b7-3+,8-4+;. The second kappa shape index (κ2) is 16.1. The number of ether oxygens (including phenoxy) is 3. The first-order valence-corrected chi connectivity index (χ1v) is 12.6. The number of carboxylic acids is 1. The smallest absolute Gasteiger partial charge is 0.408 e. The molecule has 0 spiro atoms. The molecule has 1 aliphatic rings. The molecule has 1 aromatic carbocycles. The first-order chi connectivity index (χ1) is 18.6. The van der Waals surface area contributed by atoms with Crippen LogP contribution in [0.3, 0.4) is 0 Å². The summed E-state index contributed by atoms with van der Waals surface area (Å²) < 4.78 is 15.0. The van der Waals surface area contributed by atoms with E-state index in [-0.39, 0.29) is 41.5 Å². The third-order valence-electron chi connectivity index (χ3n) is 5.43. The van der Waals surface area contributed by atoms with Gasteiger partial charge in [0.1, 0.15) is 23.5 Å². The van der Waals surface area contributed by atoms with Crippen molar-refractivity contribution in [1.29, 1.82) is 0 Å². The summed E-state index contributed by atoms with van der Waals surface area (Å²) in [5.74, 6) is -1.04. The summed E-state index contributed by atoms with van der Waals surface area (Å²) in [6.45, 7) is 6.49. The molecule has 3 unspecified atom stereocenters. The molecule has 1 amide bonds. The van der Waals surface area contributed by atoms with Gasteiger partial charge in [0.25, 0.3) is 0 Å². The number of carbonyl (C=O) groups excluding carboxylic acids is 3. The number of ketones is 2. The minimum atomic E-state index is -1.09. The van der Waals surface area contributed by atoms with E-state index in [2.05, 4.69) is 5.32 Å². The molecule has 0 saturated heterocycles. The molecular formula is C29H39NO10. The minimum absolute atomic E-state index is 0.0166. The van der Waals surface area contributed by atoms with Gasteiger partial charge in [0.15, 0.2) is 23.1 Å². The Hall–Kier alpha value is -4.12. The fourth-order valence-electron chi connectivity index (χ4n) is 3.34. The normalized spacial score (nSPS) is 17.8. The van der Waals surface area contributed by atoms with Gasteiger partial charge in [-0.15, -0.1) is 0 Å². The van der Waals surface area contributed by atoms with Gasteiger partial charge in [0.2, 0.25) is 0 Å². The van der Waals surface area contributed by atoms with Crippen molar-refractivity contribution in [2.24, 2.45) is 5.92 Å². The van der Waals surface area contributed by atoms with Gasteiger partial charge in [0, 0.05) is 7.11 Å². The van der Waals surface area contributed by atoms with E-state index >= 15 is 0 Å². The molecule has 1 aliphatic carbocycles. The maximum absolute atomic E-state index is 12.0. The number of phenolic OH excluding ortho intramolecular Hbond substituents is 1. The van der Waals surface area contributed by atoms with Crippen LogP contribution in [0.1, 0.15) is 52.5 Å². The molecule has 0 bridgehead atoms. The summed E-state index contributed by atoms with van der Waals surface area (Å²) >= 11 is 0. The highest BCUT2D eigenvalue weighted by Crippen LogP contribution is 2.27. The zero-order valence-electron chi connectivity index (χ0n) is 23.7. The zero-order valence-corrected chi connectivity index (χ0v) is 23.7. The van der Waals surface area contributed by atoms with Crippen molar-refractivity contribution in [3.05, 3.63) is 53.8 Å². The predicted molar refractivity (Wildman–Crippen MR) is 148 cm³/mol. The molecule has 11 heteroatoms. The molecule has 0 heterocycles. The highest BCUT2D eigenvalue weighted by Gasteiger charge is 2.22. The second-order valence-electron chi connectivity index (χ2n) is 10.0. The number of phenols is 1. The number of carboxylic acid groups (broad SMARTS) is 1. The lowest BCUT2D eigenvalue weighted by Gasteiger charge is -2.23. The number of amides is 1. The van der Waals surface area contributed by atoms with Crippen LogP contribution in [0.15, 0.2) is 48.3 Å². The number of rotatable bonds is 10. The summed E-state index contributed by atoms with van der Waals surface area (Å²) in [4.78, 5) is 45.2. The SMILES string of the molecule is CC(NC(=O)OC(C)(C)C)C(=O)O.COc1cc(/C=C/C(=O)CC(=O)/C=C/C2CC=C(O)C(OC)C2)ccc1O. The van der Waals surface area contributed by atoms with Crippen LogP contribution in [0.25, 0.3) is 6.08 Å². The molecule has 0 fully saturated rings. The first kappa shape index (κ1) is 33.9. The van der Waals surface area contributed by atoms with Crippen molar-refractivity contribution in [2.75, 3.05) is 14.2 Å². The summed E-state index contributed by atoms with van der Waals surface area (Å²) in [6, 6.07) is 3.77. The molecule has 1 aromatic rings. The summed E-state index contributed by atoms with van der Waals surface area (Å²) in [5.41, 5.74) is 0.0721. The van der Waals surface area contributed by atoms with E-state index in [1.807, 2.05) is 0 Å². The highest BCUT2D eigenvalue weighted by molar-refractivity contribution is 6.09. The van der Waals surface area contributed by atoms with E-state index < -0.39 is 23.7 Å². The minimum Gasteiger partial charge on any atom is -0.510 e. The number of methoxy groups -OCH3 is 2. The Labute approximate surface area is 234 Å². The zero-order chi connectivity index (χ0) is 30.5. The van der Waals surface area contributed by atoms with Gasteiger partial charge in [-0.25, -0.2) is 4.79 Å². The van der Waals surface area contributed by atoms with E-state index in [1.165, 1.54) is 39.4 Å². The Bertz CT molecular complexity index is 1130. The number of alkyl carbamates (subject to hydrolysis) is 1. The number of hydrogen-bond donors (Lipinski definition) is 4. The average molecular weight is 562 g/mol. The fraction of sp³-hybridized carbons (Fsp3) is 0.448. The van der Waals surface area contributed by atoms with Gasteiger partial charge in [-0.2, -0.15) is 0 Å². The van der Waals surface area contributed by atoms with Crippen molar-refractivity contribution in [3.63, 3.8) is 0 Å². The Balaban J connectivity index is 0.000000520. The summed E-state index contributed by atoms with van der Waals surface area (Å²) in [7, 11) is 2.97. The largest absolute Gasteiger partial charge is 0.510 e. The maximum atomic E-state index is 12.0. The number of aliphatic carboxylic acids is 1. The third kappa shape index (κ3) is 13.1. The fourth-order valence-corrected chi connectivity index (χ4v) is 3.34. The lowest BCUT2D eigenvalue weighted by atomic mass is 9.90. The molecule has 0 aromatic heterocycles. The third-order valence-corrected chi connectivity index (χ3v) is 5.43. The molecule has 220 valence electrons. The van der Waals surface area contributed by atoms with Gasteiger partial charge in [-0.05, 0) is 82.4 Å². The molecule has 0 saturated carbocycles. The van der Waals surface area contributed by atoms with E-state index in [9.17, 15) is 29.4 Å². The van der Waals surface area contributed by atoms with Crippen molar-refractivity contribution in [1.82, 2.24) is 5.32 Å². The van der Waals surface area contributed by atoms with Crippen LogP contribution in [-0.4, -0.2) is 70.9 Å². The molecule has 40 heavy (non-hydrogen) atoms. The van der Waals surface area contributed by atoms with Crippen LogP contribution in [0.5, 0.6) is 11.5 Å². The van der Waals surface area contributed by atoms with E-state index in [4.69, 9.17) is 19.3 Å². The number of aliphatic hydroxyl groups excluding tert-OH is 1. The number of allylic oxidation sites excluding steroid dienone is 4. The van der Waals surface area contributed by atoms with Crippen LogP contribution in [0.4, 0.5) is 4.79 Å². The molecule has 4 N–H and O–H groups in total. The quantitative estimate of drug-likeness (QED) is 0.238. The van der Waals surface area contributed by atoms with Crippen molar-refractivity contribution in [2.45, 2.75) is 64.7 Å². The van der Waals surface area contributed by atoms with E-state index in [0.717, 1.165) is 0 Å². The molecule has 11 nitrogen and oxygen atoms in total. The molecular weight excluding hydrogens is 522 g/mol. The van der Waals surface area contributed by atoms with Gasteiger partial charge >= 0.3 is 12.1 Å². The van der Waals surface area contributed by atoms with Crippen LogP contribution in [0.2, 0.25) is 0 Å². The van der Waals surface area contributed by atoms with Crippen molar-refractivity contribution >= 4 is 29.7 Å². The monoisotopic (exact) mass is 561 g/mol. The van der Waals surface area contributed by atoms with Crippen molar-refractivity contribution in [3.8, 4) is 11.5 Å². The molecule has 0 radical (unpaired) electrons. The van der Waals surface area contributed by atoms with Gasteiger partial charge in [-0.3, -0.25) is 14.4 Å². The number of nitrogens with one attached hydrogen (secondary N) is 1. The van der Waals surface area contributed by atoms with Crippen LogP contribution >= 0.6 is 0 Å². The number of hydrogen-bond acceptors (Lipinski definition) is 9. The molecule has 3 atom stereocenters. The Kier molecular flexibility index (Phi) is 13.6. The van der Waals surface area contributed by atoms with E-state index in [0.29, 0.717) is 24.2 Å². The topological polar surface area (TPSA) is 169 Å². The predicted octanol–water partition coefficient (Wildman–Crippen LogP) is 4.35. The Morgan fingerprint density at radius 2 is 1.75 bits per heavy atom. The number of carbonyl (C=O) groups is 4. The maximum Gasteiger partial charge on any atom is 0.408 e. The Morgan fingerprint density at radius 3 is 2.33 bits per heavy atom. The van der Waals surface area contributed by atoms with Gasteiger partial charge in [0.05, 0.1) is 13.5 Å².